The van der Waals surface area contributed by atoms with Gasteiger partial charge < -0.3 is 9.84 Å². The molecule has 1 aromatic heterocycles. The number of aliphatic hydroxyl groups excluding tert-OH is 1. The van der Waals surface area contributed by atoms with Gasteiger partial charge in [0, 0.05) is 0 Å². The Kier molecular flexibility index (Phi) is 3.59. The van der Waals surface area contributed by atoms with Gasteiger partial charge in [0.1, 0.15) is 5.69 Å². The van der Waals surface area contributed by atoms with E-state index < -0.39 is 5.97 Å². The summed E-state index contributed by atoms with van der Waals surface area (Å²) < 4.78 is 4.95. The largest absolute Gasteiger partial charge is 0.458 e. The minimum absolute atomic E-state index is 0.165. The van der Waals surface area contributed by atoms with Crippen molar-refractivity contribution in [3.05, 3.63) is 29.6 Å². The van der Waals surface area contributed by atoms with E-state index in [1.165, 1.54) is 0 Å². The van der Waals surface area contributed by atoms with Gasteiger partial charge in [-0.3, -0.25) is 0 Å². The highest BCUT2D eigenvalue weighted by atomic mass is 16.5. The molecule has 0 aliphatic rings. The van der Waals surface area contributed by atoms with Crippen molar-refractivity contribution in [3.63, 3.8) is 0 Å². The summed E-state index contributed by atoms with van der Waals surface area (Å²) in [7, 11) is 0. The lowest BCUT2D eigenvalue weighted by molar-refractivity contribution is 0.0370. The number of carbonyl (C=O) groups is 1. The van der Waals surface area contributed by atoms with Gasteiger partial charge in [0.2, 0.25) is 0 Å². The quantitative estimate of drug-likeness (QED) is 0.735. The third-order valence-corrected chi connectivity index (χ3v) is 1.52. The molecular weight excluding hydrogens is 182 g/mol. The van der Waals surface area contributed by atoms with Gasteiger partial charge in [-0.15, -0.1) is 0 Å². The summed E-state index contributed by atoms with van der Waals surface area (Å²) >= 11 is 0. The summed E-state index contributed by atoms with van der Waals surface area (Å²) in [5.41, 5.74) is 0.688. The van der Waals surface area contributed by atoms with Gasteiger partial charge in [-0.2, -0.15) is 0 Å². The van der Waals surface area contributed by atoms with E-state index >= 15 is 0 Å². The van der Waals surface area contributed by atoms with Crippen LogP contribution in [0, 0.1) is 0 Å². The van der Waals surface area contributed by atoms with Crippen LogP contribution in [0.4, 0.5) is 0 Å². The maximum absolute atomic E-state index is 11.4. The lowest BCUT2D eigenvalue weighted by Crippen LogP contribution is -2.13. The number of pyridine rings is 1. The van der Waals surface area contributed by atoms with Crippen LogP contribution in [0.3, 0.4) is 0 Å². The van der Waals surface area contributed by atoms with E-state index in [1.54, 1.807) is 32.0 Å². The first-order valence-electron chi connectivity index (χ1n) is 4.41. The van der Waals surface area contributed by atoms with Crippen molar-refractivity contribution in [3.8, 4) is 0 Å². The molecule has 76 valence electrons. The average Bonchev–Trinajstić information content (AvgIpc) is 2.17. The molecular formula is C10H13NO3. The zero-order valence-electron chi connectivity index (χ0n) is 8.23. The van der Waals surface area contributed by atoms with Crippen molar-refractivity contribution in [1.29, 1.82) is 0 Å². The number of hydrogen-bond donors (Lipinski definition) is 1. The third-order valence-electron chi connectivity index (χ3n) is 1.52. The fourth-order valence-corrected chi connectivity index (χ4v) is 0.956. The number of aromatic nitrogens is 1. The number of nitrogens with zero attached hydrogens (tertiary/aromatic N) is 1. The second-order valence-corrected chi connectivity index (χ2v) is 3.13. The first-order valence-corrected chi connectivity index (χ1v) is 4.41. The van der Waals surface area contributed by atoms with Crippen molar-refractivity contribution >= 4 is 5.97 Å². The summed E-state index contributed by atoms with van der Waals surface area (Å²) in [5, 5.41) is 8.81. The summed E-state index contributed by atoms with van der Waals surface area (Å²) in [4.78, 5) is 15.3. The summed E-state index contributed by atoms with van der Waals surface area (Å²) in [6, 6.07) is 4.87. The lowest BCUT2D eigenvalue weighted by Gasteiger charge is -2.07. The molecule has 0 saturated heterocycles. The van der Waals surface area contributed by atoms with E-state index in [0.717, 1.165) is 0 Å². The molecule has 0 unspecified atom stereocenters. The van der Waals surface area contributed by atoms with Crippen molar-refractivity contribution in [2.45, 2.75) is 26.6 Å². The Morgan fingerprint density at radius 2 is 2.29 bits per heavy atom. The molecule has 0 bridgehead atoms. The van der Waals surface area contributed by atoms with Crippen LogP contribution in [-0.2, 0) is 11.3 Å². The Hall–Kier alpha value is -1.42. The lowest BCUT2D eigenvalue weighted by atomic mass is 10.3. The number of hydrogen-bond acceptors (Lipinski definition) is 4. The number of rotatable bonds is 3. The topological polar surface area (TPSA) is 59.4 Å². The highest BCUT2D eigenvalue weighted by molar-refractivity contribution is 5.87. The standard InChI is InChI=1S/C10H13NO3/c1-7(2)14-10(13)9-5-3-4-8(6-12)11-9/h3-5,7,12H,6H2,1-2H3. The maximum atomic E-state index is 11.4. The summed E-state index contributed by atoms with van der Waals surface area (Å²) in [5.74, 6) is -0.463. The van der Waals surface area contributed by atoms with Crippen molar-refractivity contribution in [2.24, 2.45) is 0 Å². The zero-order chi connectivity index (χ0) is 10.6. The van der Waals surface area contributed by atoms with E-state index in [-0.39, 0.29) is 18.4 Å². The molecule has 0 fully saturated rings. The zero-order valence-corrected chi connectivity index (χ0v) is 8.23. The molecule has 4 heteroatoms. The van der Waals surface area contributed by atoms with Crippen LogP contribution in [0.15, 0.2) is 18.2 Å². The maximum Gasteiger partial charge on any atom is 0.357 e. The molecule has 1 aromatic rings. The molecule has 0 atom stereocenters. The fourth-order valence-electron chi connectivity index (χ4n) is 0.956. The van der Waals surface area contributed by atoms with Gasteiger partial charge in [-0.1, -0.05) is 6.07 Å². The molecule has 0 spiro atoms. The molecule has 1 heterocycles. The molecule has 1 rings (SSSR count). The van der Waals surface area contributed by atoms with Gasteiger partial charge in [0.15, 0.2) is 0 Å². The van der Waals surface area contributed by atoms with Gasteiger partial charge in [0.05, 0.1) is 18.4 Å². The fraction of sp³-hybridized carbons (Fsp3) is 0.400. The van der Waals surface area contributed by atoms with Gasteiger partial charge in [0.25, 0.3) is 0 Å². The number of aliphatic hydroxyl groups is 1. The van der Waals surface area contributed by atoms with Gasteiger partial charge >= 0.3 is 5.97 Å². The van der Waals surface area contributed by atoms with Crippen molar-refractivity contribution < 1.29 is 14.6 Å². The first-order chi connectivity index (χ1) is 6.63. The summed E-state index contributed by atoms with van der Waals surface area (Å²) in [6.45, 7) is 3.37. The Labute approximate surface area is 82.5 Å². The Balaban J connectivity index is 2.79. The number of carbonyl (C=O) groups excluding carboxylic acids is 1. The Bertz CT molecular complexity index is 323. The van der Waals surface area contributed by atoms with Crippen LogP contribution in [0.1, 0.15) is 30.0 Å². The highest BCUT2D eigenvalue weighted by Crippen LogP contribution is 2.03. The van der Waals surface area contributed by atoms with Crippen LogP contribution >= 0.6 is 0 Å². The van der Waals surface area contributed by atoms with Crippen LogP contribution in [0.5, 0.6) is 0 Å². The highest BCUT2D eigenvalue weighted by Gasteiger charge is 2.10. The molecule has 0 aliphatic heterocycles. The predicted molar refractivity (Wildman–Crippen MR) is 50.7 cm³/mol. The summed E-state index contributed by atoms with van der Waals surface area (Å²) in [6.07, 6.45) is -0.165. The number of esters is 1. The Morgan fingerprint density at radius 3 is 2.86 bits per heavy atom. The molecule has 0 radical (unpaired) electrons. The van der Waals surface area contributed by atoms with E-state index in [4.69, 9.17) is 9.84 Å². The van der Waals surface area contributed by atoms with Crippen LogP contribution < -0.4 is 0 Å². The van der Waals surface area contributed by atoms with Crippen LogP contribution in [-0.4, -0.2) is 22.2 Å². The van der Waals surface area contributed by atoms with Gasteiger partial charge in [-0.05, 0) is 26.0 Å². The molecule has 0 aromatic carbocycles. The normalized spacial score (nSPS) is 10.3. The molecule has 4 nitrogen and oxygen atoms in total. The van der Waals surface area contributed by atoms with Crippen LogP contribution in [0.25, 0.3) is 0 Å². The van der Waals surface area contributed by atoms with Crippen LogP contribution in [0.2, 0.25) is 0 Å². The monoisotopic (exact) mass is 195 g/mol. The second kappa shape index (κ2) is 4.72. The van der Waals surface area contributed by atoms with E-state index in [9.17, 15) is 4.79 Å². The first kappa shape index (κ1) is 10.7. The molecule has 14 heavy (non-hydrogen) atoms. The average molecular weight is 195 g/mol. The van der Waals surface area contributed by atoms with E-state index in [0.29, 0.717) is 5.69 Å². The molecule has 1 N–H and O–H groups in total. The number of ether oxygens (including phenoxy) is 1. The van der Waals surface area contributed by atoms with Crippen molar-refractivity contribution in [1.82, 2.24) is 4.98 Å². The molecule has 0 aliphatic carbocycles. The minimum atomic E-state index is -0.463. The smallest absolute Gasteiger partial charge is 0.357 e. The third kappa shape index (κ3) is 2.81. The van der Waals surface area contributed by atoms with Crippen molar-refractivity contribution in [2.75, 3.05) is 0 Å². The minimum Gasteiger partial charge on any atom is -0.458 e. The predicted octanol–water partition coefficient (Wildman–Crippen LogP) is 1.14. The molecule has 0 saturated carbocycles. The molecule has 0 amide bonds. The van der Waals surface area contributed by atoms with E-state index in [1.807, 2.05) is 0 Å². The second-order valence-electron chi connectivity index (χ2n) is 3.13. The van der Waals surface area contributed by atoms with E-state index in [2.05, 4.69) is 4.98 Å². The SMILES string of the molecule is CC(C)OC(=O)c1cccc(CO)n1. The van der Waals surface area contributed by atoms with Gasteiger partial charge in [-0.25, -0.2) is 9.78 Å². The Morgan fingerprint density at radius 1 is 1.57 bits per heavy atom.